The molecule has 1 nitrogen and oxygen atoms in total. The van der Waals surface area contributed by atoms with Crippen LogP contribution in [0.3, 0.4) is 0 Å². The maximum Gasteiger partial charge on any atom is -0.0533 e. The molecule has 0 aliphatic carbocycles. The Bertz CT molecular complexity index is 129. The van der Waals surface area contributed by atoms with Gasteiger partial charge in [-0.1, -0.05) is 123 Å². The average molecular weight is 287 g/mol. The molecule has 0 bridgehead atoms. The van der Waals surface area contributed by atoms with Crippen molar-refractivity contribution in [2.75, 3.05) is 0 Å². The summed E-state index contributed by atoms with van der Waals surface area (Å²) in [5.74, 6) is 0. The van der Waals surface area contributed by atoms with Crippen LogP contribution in [-0.4, -0.2) is 5.48 Å². The molecular weight excluding hydrogens is 244 g/mol. The summed E-state index contributed by atoms with van der Waals surface area (Å²) in [6, 6.07) is 0. The van der Waals surface area contributed by atoms with Gasteiger partial charge in [0, 0.05) is 0 Å². The lowest BCUT2D eigenvalue weighted by Gasteiger charge is -2.03. The Morgan fingerprint density at radius 3 is 0.600 bits per heavy atom. The van der Waals surface area contributed by atoms with Gasteiger partial charge in [-0.2, -0.15) is 0 Å². The minimum absolute atomic E-state index is 0. The molecule has 0 amide bonds. The van der Waals surface area contributed by atoms with Gasteiger partial charge in [0.1, 0.15) is 0 Å². The van der Waals surface area contributed by atoms with Crippen LogP contribution in [0.2, 0.25) is 0 Å². The third kappa shape index (κ3) is 20.3. The highest BCUT2D eigenvalue weighted by Gasteiger charge is 1.94. The van der Waals surface area contributed by atoms with Crippen LogP contribution in [0.5, 0.6) is 0 Å². The van der Waals surface area contributed by atoms with E-state index >= 15 is 0 Å². The van der Waals surface area contributed by atoms with E-state index in [0.717, 1.165) is 0 Å². The summed E-state index contributed by atoms with van der Waals surface area (Å²) >= 11 is 0. The van der Waals surface area contributed by atoms with Gasteiger partial charge in [0.05, 0.1) is 0 Å². The van der Waals surface area contributed by atoms with Gasteiger partial charge < -0.3 is 5.48 Å². The lowest BCUT2D eigenvalue weighted by atomic mass is 10.0. The molecule has 0 saturated carbocycles. The van der Waals surface area contributed by atoms with Crippen LogP contribution in [0.15, 0.2) is 0 Å². The molecule has 0 unspecified atom stereocenters. The van der Waals surface area contributed by atoms with Gasteiger partial charge in [-0.15, -0.1) is 0 Å². The summed E-state index contributed by atoms with van der Waals surface area (Å²) in [5.41, 5.74) is 0. The van der Waals surface area contributed by atoms with Crippen LogP contribution in [0.4, 0.5) is 0 Å². The maximum atomic E-state index is 2.30. The molecule has 0 radical (unpaired) electrons. The van der Waals surface area contributed by atoms with Gasteiger partial charge in [0.2, 0.25) is 0 Å². The van der Waals surface area contributed by atoms with Crippen molar-refractivity contribution in [1.82, 2.24) is 0 Å². The second kappa shape index (κ2) is 21.3. The predicted molar refractivity (Wildman–Crippen MR) is 93.5 cm³/mol. The van der Waals surface area contributed by atoms with E-state index in [1.54, 1.807) is 0 Å². The van der Waals surface area contributed by atoms with Gasteiger partial charge in [-0.25, -0.2) is 0 Å². The van der Waals surface area contributed by atoms with Crippen molar-refractivity contribution >= 4 is 0 Å². The Morgan fingerprint density at radius 1 is 0.300 bits per heavy atom. The van der Waals surface area contributed by atoms with Gasteiger partial charge in [0.25, 0.3) is 0 Å². The first-order valence-corrected chi connectivity index (χ1v) is 9.41. The second-order valence-corrected chi connectivity index (χ2v) is 6.30. The Morgan fingerprint density at radius 2 is 0.450 bits per heavy atom. The van der Waals surface area contributed by atoms with Crippen LogP contribution in [0.25, 0.3) is 0 Å². The Labute approximate surface area is 129 Å². The standard InChI is InChI=1S/C19H40.H2O/c1-3-5-7-9-11-13-15-17-19-18-16-14-12-10-8-6-4-2;/h3-19H2,1-2H3;1H2. The van der Waals surface area contributed by atoms with Crippen LogP contribution in [0, 0.1) is 0 Å². The molecule has 2 N–H and O–H groups in total. The largest absolute Gasteiger partial charge is 0.412 e. The molecule has 0 aromatic heterocycles. The van der Waals surface area contributed by atoms with Crippen LogP contribution < -0.4 is 0 Å². The zero-order chi connectivity index (χ0) is 14.0. The van der Waals surface area contributed by atoms with Gasteiger partial charge in [-0.05, 0) is 0 Å². The zero-order valence-corrected chi connectivity index (χ0v) is 14.5. The van der Waals surface area contributed by atoms with Gasteiger partial charge >= 0.3 is 0 Å². The van der Waals surface area contributed by atoms with Crippen LogP contribution in [0.1, 0.15) is 123 Å². The molecule has 0 saturated heterocycles. The molecule has 0 spiro atoms. The van der Waals surface area contributed by atoms with Crippen molar-refractivity contribution in [2.24, 2.45) is 0 Å². The molecule has 0 rings (SSSR count). The monoisotopic (exact) mass is 286 g/mol. The third-order valence-corrected chi connectivity index (χ3v) is 4.21. The highest BCUT2D eigenvalue weighted by Crippen LogP contribution is 2.13. The first-order valence-electron chi connectivity index (χ1n) is 9.41. The molecule has 20 heavy (non-hydrogen) atoms. The number of rotatable bonds is 16. The van der Waals surface area contributed by atoms with E-state index < -0.39 is 0 Å². The Hall–Kier alpha value is -0.0400. The third-order valence-electron chi connectivity index (χ3n) is 4.21. The molecule has 0 heterocycles. The molecule has 0 atom stereocenters. The maximum absolute atomic E-state index is 2.30. The normalized spacial score (nSPS) is 10.5. The Balaban J connectivity index is 0. The van der Waals surface area contributed by atoms with Crippen molar-refractivity contribution in [3.63, 3.8) is 0 Å². The highest BCUT2D eigenvalue weighted by atomic mass is 16.0. The molecule has 0 aliphatic heterocycles. The number of hydrogen-bond acceptors (Lipinski definition) is 0. The molecule has 124 valence electrons. The van der Waals surface area contributed by atoms with E-state index in [4.69, 9.17) is 0 Å². The molecule has 1 heteroatoms. The topological polar surface area (TPSA) is 31.5 Å². The Kier molecular flexibility index (Phi) is 23.6. The van der Waals surface area contributed by atoms with Crippen LogP contribution in [-0.2, 0) is 0 Å². The van der Waals surface area contributed by atoms with Crippen molar-refractivity contribution in [3.8, 4) is 0 Å². The SMILES string of the molecule is CCCCCCCCCCCCCCCCCCC.O. The number of unbranched alkanes of at least 4 members (excludes halogenated alkanes) is 16. The van der Waals surface area contributed by atoms with E-state index in [1.807, 2.05) is 0 Å². The summed E-state index contributed by atoms with van der Waals surface area (Å²) < 4.78 is 0. The van der Waals surface area contributed by atoms with Gasteiger partial charge in [-0.3, -0.25) is 0 Å². The highest BCUT2D eigenvalue weighted by molar-refractivity contribution is 4.49. The first-order chi connectivity index (χ1) is 9.41. The fraction of sp³-hybridized carbons (Fsp3) is 1.00. The fourth-order valence-electron chi connectivity index (χ4n) is 2.80. The lowest BCUT2D eigenvalue weighted by molar-refractivity contribution is 0.529. The van der Waals surface area contributed by atoms with E-state index in [1.165, 1.54) is 109 Å². The van der Waals surface area contributed by atoms with Crippen molar-refractivity contribution in [1.29, 1.82) is 0 Å². The molecular formula is C19H42O. The summed E-state index contributed by atoms with van der Waals surface area (Å²) in [7, 11) is 0. The lowest BCUT2D eigenvalue weighted by Crippen LogP contribution is -1.83. The van der Waals surface area contributed by atoms with E-state index in [-0.39, 0.29) is 5.48 Å². The van der Waals surface area contributed by atoms with E-state index in [2.05, 4.69) is 13.8 Å². The zero-order valence-electron chi connectivity index (χ0n) is 14.5. The summed E-state index contributed by atoms with van der Waals surface area (Å²) in [5, 5.41) is 0. The van der Waals surface area contributed by atoms with Gasteiger partial charge in [0.15, 0.2) is 0 Å². The molecule has 0 aromatic carbocycles. The summed E-state index contributed by atoms with van der Waals surface area (Å²) in [6.45, 7) is 4.59. The van der Waals surface area contributed by atoms with E-state index in [0.29, 0.717) is 0 Å². The minimum atomic E-state index is 0. The number of hydrogen-bond donors (Lipinski definition) is 0. The second-order valence-electron chi connectivity index (χ2n) is 6.30. The first kappa shape index (κ1) is 22.2. The van der Waals surface area contributed by atoms with Crippen molar-refractivity contribution in [2.45, 2.75) is 123 Å². The molecule has 0 fully saturated rings. The van der Waals surface area contributed by atoms with Crippen LogP contribution >= 0.6 is 0 Å². The minimum Gasteiger partial charge on any atom is -0.412 e. The summed E-state index contributed by atoms with van der Waals surface area (Å²) in [6.07, 6.45) is 24.9. The van der Waals surface area contributed by atoms with Crippen molar-refractivity contribution < 1.29 is 5.48 Å². The molecule has 0 aromatic rings. The summed E-state index contributed by atoms with van der Waals surface area (Å²) in [4.78, 5) is 0. The average Bonchev–Trinajstić information content (AvgIpc) is 2.43. The van der Waals surface area contributed by atoms with E-state index in [9.17, 15) is 0 Å². The smallest absolute Gasteiger partial charge is 0.0533 e. The quantitative estimate of drug-likeness (QED) is 0.278. The predicted octanol–water partition coefficient (Wildman–Crippen LogP) is 6.83. The van der Waals surface area contributed by atoms with Crippen molar-refractivity contribution in [3.05, 3.63) is 0 Å². The molecule has 0 aliphatic rings. The fourth-order valence-corrected chi connectivity index (χ4v) is 2.80.